The summed E-state index contributed by atoms with van der Waals surface area (Å²) in [5, 5.41) is 10.8. The summed E-state index contributed by atoms with van der Waals surface area (Å²) in [7, 11) is 2.09. The Kier molecular flexibility index (Phi) is 12.1. The molecule has 59 heavy (non-hydrogen) atoms. The number of carbonyl (C=O) groups is 4. The highest BCUT2D eigenvalue weighted by atomic mass is 16.5. The zero-order valence-electron chi connectivity index (χ0n) is 33.7. The number of aromatic nitrogens is 2. The molecule has 8 rings (SSSR count). The average Bonchev–Trinajstić information content (AvgIpc) is 3.66. The molecule has 4 aliphatic heterocycles. The molecule has 3 aromatic carbocycles. The van der Waals surface area contributed by atoms with Gasteiger partial charge < -0.3 is 30.5 Å². The van der Waals surface area contributed by atoms with E-state index in [1.54, 1.807) is 4.90 Å². The summed E-state index contributed by atoms with van der Waals surface area (Å²) < 4.78 is 7.95. The number of anilines is 3. The summed E-state index contributed by atoms with van der Waals surface area (Å²) in [4.78, 5) is 60.6. The number of piperidine rings is 1. The van der Waals surface area contributed by atoms with E-state index >= 15 is 0 Å². The van der Waals surface area contributed by atoms with Crippen LogP contribution in [0.4, 0.5) is 22.0 Å². The predicted octanol–water partition coefficient (Wildman–Crippen LogP) is 4.63. The van der Waals surface area contributed by atoms with Crippen molar-refractivity contribution in [2.24, 2.45) is 11.7 Å². The molecular weight excluding hydrogens is 749 g/mol. The number of fused-ring (bicyclic) bond motifs is 1. The van der Waals surface area contributed by atoms with Crippen LogP contribution in [0.3, 0.4) is 0 Å². The summed E-state index contributed by atoms with van der Waals surface area (Å²) in [5.41, 5.74) is 9.64. The van der Waals surface area contributed by atoms with Gasteiger partial charge in [0.15, 0.2) is 0 Å². The Morgan fingerprint density at radius 3 is 2.22 bits per heavy atom. The van der Waals surface area contributed by atoms with E-state index in [-0.39, 0.29) is 23.9 Å². The van der Waals surface area contributed by atoms with E-state index in [9.17, 15) is 19.2 Å². The number of urea groups is 1. The van der Waals surface area contributed by atoms with Gasteiger partial charge in [0.25, 0.3) is 5.91 Å². The van der Waals surface area contributed by atoms with Gasteiger partial charge in [0.2, 0.25) is 11.8 Å². The van der Waals surface area contributed by atoms with Crippen LogP contribution in [0.1, 0.15) is 48.5 Å². The van der Waals surface area contributed by atoms with E-state index in [4.69, 9.17) is 15.6 Å². The smallest absolute Gasteiger partial charge is 0.328 e. The zero-order chi connectivity index (χ0) is 40.9. The van der Waals surface area contributed by atoms with Crippen molar-refractivity contribution in [3.05, 3.63) is 84.4 Å². The summed E-state index contributed by atoms with van der Waals surface area (Å²) in [6.45, 7) is 8.87. The van der Waals surface area contributed by atoms with Crippen LogP contribution in [0, 0.1) is 5.92 Å². The minimum Gasteiger partial charge on any atom is -0.457 e. The third kappa shape index (κ3) is 9.21. The SMILES string of the molecule is CN(CCC(=O)N1CCC([C@@H]2CCNc3c(C(N)=O)c(-c4ccc(Oc5ccccc5)cc4)nn32)CC1)CCN1CCN(c2ccc(N3CCC(=O)NC3=O)cc2)CC1. The van der Waals surface area contributed by atoms with Crippen molar-refractivity contribution >= 4 is 40.9 Å². The molecule has 0 aliphatic carbocycles. The molecule has 310 valence electrons. The van der Waals surface area contributed by atoms with E-state index in [0.29, 0.717) is 61.2 Å². The van der Waals surface area contributed by atoms with E-state index in [0.717, 1.165) is 94.3 Å². The van der Waals surface area contributed by atoms with Crippen molar-refractivity contribution < 1.29 is 23.9 Å². The molecule has 4 aromatic rings. The Hall–Kier alpha value is -5.93. The normalized spacial score (nSPS) is 19.0. The lowest BCUT2D eigenvalue weighted by atomic mass is 9.86. The average molecular weight is 803 g/mol. The molecule has 5 heterocycles. The van der Waals surface area contributed by atoms with Crippen molar-refractivity contribution in [1.29, 1.82) is 0 Å². The van der Waals surface area contributed by atoms with Crippen LogP contribution in [0.25, 0.3) is 11.3 Å². The number of likely N-dealkylation sites (N-methyl/N-ethyl adjacent to an activating group) is 1. The van der Waals surface area contributed by atoms with E-state index in [1.807, 2.05) is 88.4 Å². The molecular formula is C44H54N10O5. The van der Waals surface area contributed by atoms with Crippen molar-refractivity contribution in [2.75, 3.05) is 94.2 Å². The molecule has 1 aromatic heterocycles. The van der Waals surface area contributed by atoms with E-state index < -0.39 is 5.91 Å². The van der Waals surface area contributed by atoms with Crippen molar-refractivity contribution in [3.63, 3.8) is 0 Å². The number of imide groups is 1. The lowest BCUT2D eigenvalue weighted by molar-refractivity contribution is -0.133. The molecule has 1 atom stereocenters. The van der Waals surface area contributed by atoms with Gasteiger partial charge in [-0.15, -0.1) is 0 Å². The highest BCUT2D eigenvalue weighted by Gasteiger charge is 2.36. The number of benzene rings is 3. The first-order valence-corrected chi connectivity index (χ1v) is 20.8. The summed E-state index contributed by atoms with van der Waals surface area (Å²) in [5.74, 6) is 1.89. The molecule has 0 unspecified atom stereocenters. The molecule has 0 radical (unpaired) electrons. The van der Waals surface area contributed by atoms with Crippen LogP contribution in [0.2, 0.25) is 0 Å². The molecule has 3 saturated heterocycles. The number of piperazine rings is 1. The number of para-hydroxylation sites is 1. The Labute approximate surface area is 345 Å². The molecule has 0 spiro atoms. The van der Waals surface area contributed by atoms with Gasteiger partial charge in [0.1, 0.15) is 28.6 Å². The third-order valence-electron chi connectivity index (χ3n) is 12.2. The first-order valence-electron chi connectivity index (χ1n) is 20.8. The predicted molar refractivity (Wildman–Crippen MR) is 227 cm³/mol. The van der Waals surface area contributed by atoms with Crippen LogP contribution in [-0.2, 0) is 9.59 Å². The number of likely N-dealkylation sites (tertiary alicyclic amines) is 1. The second-order valence-electron chi connectivity index (χ2n) is 16.0. The number of nitrogens with one attached hydrogen (secondary N) is 2. The Bertz CT molecular complexity index is 2110. The summed E-state index contributed by atoms with van der Waals surface area (Å²) in [6, 6.07) is 24.9. The third-order valence-corrected chi connectivity index (χ3v) is 12.2. The number of hydrogen-bond acceptors (Lipinski definition) is 10. The van der Waals surface area contributed by atoms with Crippen LogP contribution in [0.15, 0.2) is 78.9 Å². The molecule has 15 heteroatoms. The molecule has 4 N–H and O–H groups in total. The monoisotopic (exact) mass is 802 g/mol. The maximum absolute atomic E-state index is 13.4. The number of nitrogens with zero attached hydrogens (tertiary/aromatic N) is 7. The maximum Gasteiger partial charge on any atom is 0.328 e. The zero-order valence-corrected chi connectivity index (χ0v) is 33.7. The first kappa shape index (κ1) is 39.9. The highest BCUT2D eigenvalue weighted by Crippen LogP contribution is 2.40. The molecule has 3 fully saturated rings. The lowest BCUT2D eigenvalue weighted by Gasteiger charge is -2.38. The van der Waals surface area contributed by atoms with E-state index in [1.165, 1.54) is 0 Å². The Morgan fingerprint density at radius 1 is 0.831 bits per heavy atom. The van der Waals surface area contributed by atoms with Gasteiger partial charge in [-0.1, -0.05) is 18.2 Å². The number of ether oxygens (including phenoxy) is 1. The molecule has 15 nitrogen and oxygen atoms in total. The first-order chi connectivity index (χ1) is 28.7. The highest BCUT2D eigenvalue weighted by molar-refractivity contribution is 6.05. The topological polar surface area (TPSA) is 162 Å². The minimum atomic E-state index is -0.515. The van der Waals surface area contributed by atoms with Crippen LogP contribution in [0.5, 0.6) is 11.5 Å². The molecule has 5 amide bonds. The fourth-order valence-electron chi connectivity index (χ4n) is 8.77. The largest absolute Gasteiger partial charge is 0.457 e. The minimum absolute atomic E-state index is 0.104. The van der Waals surface area contributed by atoms with Crippen molar-refractivity contribution in [1.82, 2.24) is 29.8 Å². The van der Waals surface area contributed by atoms with Crippen LogP contribution >= 0.6 is 0 Å². The Morgan fingerprint density at radius 2 is 1.53 bits per heavy atom. The molecule has 0 saturated carbocycles. The second-order valence-corrected chi connectivity index (χ2v) is 16.0. The number of hydrogen-bond donors (Lipinski definition) is 3. The second kappa shape index (κ2) is 17.9. The lowest BCUT2D eigenvalue weighted by Crippen LogP contribution is -2.49. The van der Waals surface area contributed by atoms with Crippen LogP contribution < -0.4 is 30.9 Å². The van der Waals surface area contributed by atoms with Crippen molar-refractivity contribution in [3.8, 4) is 22.8 Å². The quantitative estimate of drug-likeness (QED) is 0.174. The fourth-order valence-corrected chi connectivity index (χ4v) is 8.77. The van der Waals surface area contributed by atoms with Gasteiger partial charge in [-0.3, -0.25) is 29.5 Å². The number of primary amides is 1. The number of rotatable bonds is 13. The summed E-state index contributed by atoms with van der Waals surface area (Å²) >= 11 is 0. The van der Waals surface area contributed by atoms with Gasteiger partial charge in [-0.25, -0.2) is 9.48 Å². The van der Waals surface area contributed by atoms with Gasteiger partial charge in [0.05, 0.1) is 6.04 Å². The van der Waals surface area contributed by atoms with Gasteiger partial charge in [0, 0.05) is 102 Å². The van der Waals surface area contributed by atoms with E-state index in [2.05, 4.69) is 32.4 Å². The number of nitrogens with two attached hydrogens (primary N) is 1. The van der Waals surface area contributed by atoms with Gasteiger partial charge in [-0.2, -0.15) is 5.10 Å². The number of carbonyl (C=O) groups excluding carboxylic acids is 4. The van der Waals surface area contributed by atoms with Crippen LogP contribution in [-0.4, -0.2) is 127 Å². The summed E-state index contributed by atoms with van der Waals surface area (Å²) in [6.07, 6.45) is 3.45. The van der Waals surface area contributed by atoms with Gasteiger partial charge in [-0.05, 0) is 92.9 Å². The molecule has 0 bridgehead atoms. The van der Waals surface area contributed by atoms with Gasteiger partial charge >= 0.3 is 6.03 Å². The Balaban J connectivity index is 0.775. The standard InChI is InChI=1S/C44H54N10O5/c1-49(25-26-50-27-29-51(30-28-50)33-9-11-34(12-10-33)53-24-18-38(55)47-44(53)58)21-19-39(56)52-22-16-31(17-23-52)37-15-20-46-43-40(42(45)57)41(48-54(37)43)32-7-13-36(14-8-32)59-35-5-3-2-4-6-35/h2-14,31,37,46H,15-30H2,1H3,(H2,45,57)(H,47,55,58)/t37-/m0/s1. The molecule has 4 aliphatic rings. The maximum atomic E-state index is 13.4. The van der Waals surface area contributed by atoms with Crippen molar-refractivity contribution in [2.45, 2.75) is 38.1 Å². The number of amides is 5. The fraction of sp³-hybridized carbons (Fsp3) is 0.432.